The van der Waals surface area contributed by atoms with Gasteiger partial charge < -0.3 is 5.32 Å². The van der Waals surface area contributed by atoms with Crippen LogP contribution in [0.25, 0.3) is 0 Å². The SMILES string of the molecule is FC(F)c1cccc(CNc2cc(Cl)cc(Cl)c2)c1. The molecule has 0 radical (unpaired) electrons. The van der Waals surface area contributed by atoms with E-state index < -0.39 is 6.43 Å². The van der Waals surface area contributed by atoms with E-state index in [0.29, 0.717) is 16.6 Å². The van der Waals surface area contributed by atoms with Gasteiger partial charge in [0.2, 0.25) is 0 Å². The van der Waals surface area contributed by atoms with Crippen molar-refractivity contribution in [1.29, 1.82) is 0 Å². The highest BCUT2D eigenvalue weighted by Gasteiger charge is 2.07. The van der Waals surface area contributed by atoms with Gasteiger partial charge in [0, 0.05) is 27.8 Å². The van der Waals surface area contributed by atoms with Gasteiger partial charge in [0.15, 0.2) is 0 Å². The molecule has 100 valence electrons. The van der Waals surface area contributed by atoms with Crippen LogP contribution in [0.1, 0.15) is 17.6 Å². The summed E-state index contributed by atoms with van der Waals surface area (Å²) in [7, 11) is 0. The van der Waals surface area contributed by atoms with Crippen molar-refractivity contribution < 1.29 is 8.78 Å². The summed E-state index contributed by atoms with van der Waals surface area (Å²) in [6.45, 7) is 0.428. The van der Waals surface area contributed by atoms with Crippen molar-refractivity contribution in [2.75, 3.05) is 5.32 Å². The predicted molar refractivity (Wildman–Crippen MR) is 75.2 cm³/mol. The van der Waals surface area contributed by atoms with Gasteiger partial charge in [-0.3, -0.25) is 0 Å². The number of hydrogen-bond donors (Lipinski definition) is 1. The molecule has 0 unspecified atom stereocenters. The third kappa shape index (κ3) is 4.08. The van der Waals surface area contributed by atoms with Gasteiger partial charge in [0.25, 0.3) is 6.43 Å². The van der Waals surface area contributed by atoms with Crippen LogP contribution in [0.5, 0.6) is 0 Å². The number of alkyl halides is 2. The maximum Gasteiger partial charge on any atom is 0.263 e. The van der Waals surface area contributed by atoms with Crippen molar-refractivity contribution in [3.63, 3.8) is 0 Å². The number of halogens is 4. The first-order valence-corrected chi connectivity index (χ1v) is 6.37. The topological polar surface area (TPSA) is 12.0 Å². The molecule has 0 aliphatic carbocycles. The average Bonchev–Trinajstić information content (AvgIpc) is 2.35. The van der Waals surface area contributed by atoms with Gasteiger partial charge in [-0.1, -0.05) is 41.4 Å². The standard InChI is InChI=1S/C14H11Cl2F2N/c15-11-5-12(16)7-13(6-11)19-8-9-2-1-3-10(4-9)14(17)18/h1-7,14,19H,8H2. The van der Waals surface area contributed by atoms with E-state index in [1.165, 1.54) is 12.1 Å². The van der Waals surface area contributed by atoms with Gasteiger partial charge in [0.1, 0.15) is 0 Å². The lowest BCUT2D eigenvalue weighted by Gasteiger charge is -2.09. The van der Waals surface area contributed by atoms with Crippen LogP contribution in [0.2, 0.25) is 10.0 Å². The molecule has 0 aromatic heterocycles. The normalized spacial score (nSPS) is 10.8. The van der Waals surface area contributed by atoms with E-state index in [1.54, 1.807) is 30.3 Å². The quantitative estimate of drug-likeness (QED) is 0.781. The fourth-order valence-corrected chi connectivity index (χ4v) is 2.22. The molecule has 0 heterocycles. The molecular weight excluding hydrogens is 291 g/mol. The van der Waals surface area contributed by atoms with Crippen molar-refractivity contribution in [2.24, 2.45) is 0 Å². The highest BCUT2D eigenvalue weighted by atomic mass is 35.5. The van der Waals surface area contributed by atoms with Crippen molar-refractivity contribution in [3.8, 4) is 0 Å². The zero-order chi connectivity index (χ0) is 13.8. The summed E-state index contributed by atoms with van der Waals surface area (Å²) < 4.78 is 25.1. The van der Waals surface area contributed by atoms with Gasteiger partial charge in [-0.15, -0.1) is 0 Å². The lowest BCUT2D eigenvalue weighted by atomic mass is 10.1. The minimum absolute atomic E-state index is 0.0171. The summed E-state index contributed by atoms with van der Waals surface area (Å²) in [5.74, 6) is 0. The Labute approximate surface area is 120 Å². The molecule has 0 bridgehead atoms. The summed E-state index contributed by atoms with van der Waals surface area (Å²) in [5, 5.41) is 4.14. The Kier molecular flexibility index (Phi) is 4.61. The zero-order valence-electron chi connectivity index (χ0n) is 9.84. The van der Waals surface area contributed by atoms with Crippen LogP contribution >= 0.6 is 23.2 Å². The number of rotatable bonds is 4. The Morgan fingerprint density at radius 2 is 1.68 bits per heavy atom. The van der Waals surface area contributed by atoms with Gasteiger partial charge in [-0.2, -0.15) is 0 Å². The van der Waals surface area contributed by atoms with Crippen LogP contribution in [0.15, 0.2) is 42.5 Å². The lowest BCUT2D eigenvalue weighted by molar-refractivity contribution is 0.151. The van der Waals surface area contributed by atoms with Crippen LogP contribution in [0.3, 0.4) is 0 Å². The Morgan fingerprint density at radius 1 is 1.00 bits per heavy atom. The number of hydrogen-bond acceptors (Lipinski definition) is 1. The Morgan fingerprint density at radius 3 is 2.32 bits per heavy atom. The average molecular weight is 302 g/mol. The van der Waals surface area contributed by atoms with Crippen LogP contribution in [0.4, 0.5) is 14.5 Å². The first-order valence-electron chi connectivity index (χ1n) is 5.61. The molecule has 0 saturated heterocycles. The van der Waals surface area contributed by atoms with Gasteiger partial charge in [-0.25, -0.2) is 8.78 Å². The molecule has 0 amide bonds. The molecule has 0 atom stereocenters. The van der Waals surface area contributed by atoms with E-state index >= 15 is 0 Å². The van der Waals surface area contributed by atoms with Crippen LogP contribution in [0, 0.1) is 0 Å². The van der Waals surface area contributed by atoms with Crippen LogP contribution < -0.4 is 5.32 Å². The van der Waals surface area contributed by atoms with E-state index in [0.717, 1.165) is 11.3 Å². The minimum Gasteiger partial charge on any atom is -0.381 e. The highest BCUT2D eigenvalue weighted by Crippen LogP contribution is 2.24. The molecule has 0 aliphatic rings. The largest absolute Gasteiger partial charge is 0.381 e. The summed E-state index contributed by atoms with van der Waals surface area (Å²) in [5.41, 5.74) is 1.54. The van der Waals surface area contributed by atoms with Gasteiger partial charge >= 0.3 is 0 Å². The predicted octanol–water partition coefficient (Wildman–Crippen LogP) is 5.54. The number of anilines is 1. The maximum absolute atomic E-state index is 12.6. The van der Waals surface area contributed by atoms with Crippen molar-refractivity contribution in [1.82, 2.24) is 0 Å². The van der Waals surface area contributed by atoms with Gasteiger partial charge in [-0.05, 0) is 29.8 Å². The van der Waals surface area contributed by atoms with Crippen molar-refractivity contribution in [3.05, 3.63) is 63.6 Å². The van der Waals surface area contributed by atoms with Crippen LogP contribution in [-0.2, 0) is 6.54 Å². The fraction of sp³-hybridized carbons (Fsp3) is 0.143. The molecule has 2 aromatic carbocycles. The molecule has 2 rings (SSSR count). The molecule has 0 fully saturated rings. The Bertz CT molecular complexity index is 553. The second-order valence-corrected chi connectivity index (χ2v) is 4.93. The third-order valence-electron chi connectivity index (χ3n) is 2.56. The molecule has 2 aromatic rings. The van der Waals surface area contributed by atoms with Crippen LogP contribution in [-0.4, -0.2) is 0 Å². The first kappa shape index (κ1) is 14.1. The second kappa shape index (κ2) is 6.22. The Hall–Kier alpha value is -1.32. The number of nitrogens with one attached hydrogen (secondary N) is 1. The molecule has 0 spiro atoms. The third-order valence-corrected chi connectivity index (χ3v) is 3.00. The molecular formula is C14H11Cl2F2N. The summed E-state index contributed by atoms with van der Waals surface area (Å²) in [4.78, 5) is 0. The van der Waals surface area contributed by atoms with E-state index in [1.807, 2.05) is 0 Å². The zero-order valence-corrected chi connectivity index (χ0v) is 11.3. The Balaban J connectivity index is 2.07. The molecule has 0 aliphatic heterocycles. The van der Waals surface area contributed by atoms with Gasteiger partial charge in [0.05, 0.1) is 0 Å². The van der Waals surface area contributed by atoms with E-state index in [9.17, 15) is 8.78 Å². The smallest absolute Gasteiger partial charge is 0.263 e. The number of benzene rings is 2. The summed E-state index contributed by atoms with van der Waals surface area (Å²) >= 11 is 11.8. The molecule has 5 heteroatoms. The molecule has 1 N–H and O–H groups in total. The summed E-state index contributed by atoms with van der Waals surface area (Å²) in [6.07, 6.45) is -2.46. The second-order valence-electron chi connectivity index (χ2n) is 4.06. The fourth-order valence-electron chi connectivity index (χ4n) is 1.70. The molecule has 0 saturated carbocycles. The van der Waals surface area contributed by atoms with Crippen molar-refractivity contribution in [2.45, 2.75) is 13.0 Å². The first-order chi connectivity index (χ1) is 9.04. The molecule has 19 heavy (non-hydrogen) atoms. The van der Waals surface area contributed by atoms with E-state index in [4.69, 9.17) is 23.2 Å². The monoisotopic (exact) mass is 301 g/mol. The molecule has 1 nitrogen and oxygen atoms in total. The maximum atomic E-state index is 12.6. The van der Waals surface area contributed by atoms with E-state index in [-0.39, 0.29) is 5.56 Å². The lowest BCUT2D eigenvalue weighted by Crippen LogP contribution is -2.00. The van der Waals surface area contributed by atoms with E-state index in [2.05, 4.69) is 5.32 Å². The summed E-state index contributed by atoms with van der Waals surface area (Å²) in [6, 6.07) is 11.4. The van der Waals surface area contributed by atoms with Crippen molar-refractivity contribution >= 4 is 28.9 Å². The minimum atomic E-state index is -2.46. The highest BCUT2D eigenvalue weighted by molar-refractivity contribution is 6.35.